The number of hydrogen-bond donors (Lipinski definition) is 2. The number of halogens is 3. The molecule has 3 aromatic rings. The predicted octanol–water partition coefficient (Wildman–Crippen LogP) is 6.63. The zero-order valence-electron chi connectivity index (χ0n) is 31.7. The van der Waals surface area contributed by atoms with Crippen molar-refractivity contribution in [3.05, 3.63) is 88.5 Å². The zero-order valence-corrected chi connectivity index (χ0v) is 31.7. The minimum Gasteiger partial charge on any atom is -0.493 e. The van der Waals surface area contributed by atoms with E-state index in [-0.39, 0.29) is 35.6 Å². The maximum absolute atomic E-state index is 13.5. The highest BCUT2D eigenvalue weighted by Gasteiger charge is 2.49. The van der Waals surface area contributed by atoms with Crippen molar-refractivity contribution in [3.63, 3.8) is 0 Å². The summed E-state index contributed by atoms with van der Waals surface area (Å²) < 4.78 is 52.2. The molecule has 300 valence electrons. The Labute approximate surface area is 328 Å². The van der Waals surface area contributed by atoms with Crippen molar-refractivity contribution in [2.45, 2.75) is 90.1 Å². The molecule has 6 rings (SSSR count). The molecule has 2 atom stereocenters. The molecule has 15 heteroatoms. The number of nitrogens with zero attached hydrogens (tertiary/aromatic N) is 3. The number of fused-ring (bicyclic) bond motifs is 1. The number of anilines is 1. The third-order valence-corrected chi connectivity index (χ3v) is 10.4. The van der Waals surface area contributed by atoms with E-state index in [1.807, 2.05) is 38.1 Å². The van der Waals surface area contributed by atoms with E-state index in [0.717, 1.165) is 73.4 Å². The number of carbonyl (C=O) groups excluding carboxylic acids is 5. The van der Waals surface area contributed by atoms with Gasteiger partial charge >= 0.3 is 6.18 Å². The van der Waals surface area contributed by atoms with Crippen LogP contribution in [0.5, 0.6) is 11.5 Å². The Hall–Kier alpha value is -5.91. The van der Waals surface area contributed by atoms with Crippen molar-refractivity contribution in [3.8, 4) is 17.6 Å². The first kappa shape index (κ1) is 40.7. The van der Waals surface area contributed by atoms with Crippen LogP contribution in [0.1, 0.15) is 103 Å². The van der Waals surface area contributed by atoms with Gasteiger partial charge in [0.1, 0.15) is 17.5 Å². The molecule has 3 aromatic carbocycles. The summed E-state index contributed by atoms with van der Waals surface area (Å²) in [5, 5.41) is 14.7. The summed E-state index contributed by atoms with van der Waals surface area (Å²) in [4.78, 5) is 66.1. The minimum absolute atomic E-state index is 0.0530. The summed E-state index contributed by atoms with van der Waals surface area (Å²) in [6, 6.07) is 16.2. The highest BCUT2D eigenvalue weighted by atomic mass is 19.4. The summed E-state index contributed by atoms with van der Waals surface area (Å²) in [6.45, 7) is 5.50. The minimum atomic E-state index is -4.73. The van der Waals surface area contributed by atoms with E-state index >= 15 is 0 Å². The smallest absolute Gasteiger partial charge is 0.417 e. The van der Waals surface area contributed by atoms with Gasteiger partial charge in [-0.05, 0) is 67.3 Å². The van der Waals surface area contributed by atoms with E-state index in [1.165, 1.54) is 12.1 Å². The highest BCUT2D eigenvalue weighted by Crippen LogP contribution is 2.39. The van der Waals surface area contributed by atoms with Crippen LogP contribution < -0.4 is 20.1 Å². The maximum atomic E-state index is 13.5. The number of benzene rings is 3. The van der Waals surface area contributed by atoms with Crippen LogP contribution in [0, 0.1) is 16.7 Å². The second kappa shape index (κ2) is 17.1. The monoisotopic (exact) mass is 787 g/mol. The lowest BCUT2D eigenvalue weighted by atomic mass is 9.89. The topological polar surface area (TPSA) is 158 Å². The van der Waals surface area contributed by atoms with Crippen LogP contribution in [0.25, 0.3) is 0 Å². The molecule has 0 aromatic heterocycles. The van der Waals surface area contributed by atoms with Crippen molar-refractivity contribution in [2.75, 3.05) is 25.0 Å². The number of imide groups is 2. The molecule has 0 spiro atoms. The molecule has 12 nitrogen and oxygen atoms in total. The first-order valence-corrected chi connectivity index (χ1v) is 19.0. The van der Waals surface area contributed by atoms with Gasteiger partial charge in [-0.25, -0.2) is 0 Å². The summed E-state index contributed by atoms with van der Waals surface area (Å²) in [5.41, 5.74) is -0.103. The van der Waals surface area contributed by atoms with Gasteiger partial charge < -0.3 is 19.7 Å². The van der Waals surface area contributed by atoms with Gasteiger partial charge in [0.2, 0.25) is 11.8 Å². The van der Waals surface area contributed by atoms with E-state index in [4.69, 9.17) is 14.7 Å². The number of unbranched alkanes of at least 4 members (excludes halogenated alkanes) is 5. The zero-order chi connectivity index (χ0) is 40.9. The number of rotatable bonds is 16. The molecule has 2 saturated heterocycles. The van der Waals surface area contributed by atoms with Crippen LogP contribution in [0.2, 0.25) is 0 Å². The van der Waals surface area contributed by atoms with Gasteiger partial charge in [-0.2, -0.15) is 18.4 Å². The second-order valence-electron chi connectivity index (χ2n) is 15.2. The fourth-order valence-corrected chi connectivity index (χ4v) is 7.46. The fourth-order valence-electron chi connectivity index (χ4n) is 7.46. The summed E-state index contributed by atoms with van der Waals surface area (Å²) in [5.74, 6) is -2.37. The third-order valence-electron chi connectivity index (χ3n) is 10.4. The average molecular weight is 788 g/mol. The molecule has 3 heterocycles. The summed E-state index contributed by atoms with van der Waals surface area (Å²) in [6.07, 6.45) is 0.153. The lowest BCUT2D eigenvalue weighted by Crippen LogP contribution is -2.54. The van der Waals surface area contributed by atoms with E-state index in [2.05, 4.69) is 10.6 Å². The Morgan fingerprint density at radius 3 is 2.35 bits per heavy atom. The van der Waals surface area contributed by atoms with Gasteiger partial charge in [-0.15, -0.1) is 0 Å². The molecule has 3 aliphatic rings. The number of nitrogens with one attached hydrogen (secondary N) is 2. The molecule has 2 fully saturated rings. The van der Waals surface area contributed by atoms with Crippen LogP contribution in [0.3, 0.4) is 0 Å². The summed E-state index contributed by atoms with van der Waals surface area (Å²) in [7, 11) is 0. The number of hydrogen-bond acceptors (Lipinski definition) is 9. The van der Waals surface area contributed by atoms with E-state index < -0.39 is 58.5 Å². The Morgan fingerprint density at radius 2 is 1.65 bits per heavy atom. The Balaban J connectivity index is 0.873. The first-order chi connectivity index (χ1) is 27.2. The van der Waals surface area contributed by atoms with Crippen molar-refractivity contribution in [1.82, 2.24) is 15.1 Å². The molecular formula is C42H44F3N5O7. The molecule has 5 amide bonds. The average Bonchev–Trinajstić information content (AvgIpc) is 3.55. The standard InChI is InChI=1S/C42H44F3N5O7/c1-41(2)25-49(40(55)36(41)57-29-17-14-27(23-46)31(22-29)42(43,44)45)24-26-12-15-28(16-13-26)47-20-7-5-3-4-6-8-21-56-33-11-9-10-30-35(33)39(54)50(38(30)53)32-18-19-34(51)48-37(32)52/h9-17,22,32,36,47H,3-8,18-21,24-25H2,1-2H3,(H,48,51,52). The molecule has 3 aliphatic heterocycles. The molecule has 0 radical (unpaired) electrons. The summed E-state index contributed by atoms with van der Waals surface area (Å²) >= 11 is 0. The lowest BCUT2D eigenvalue weighted by molar-refractivity contribution is -0.138. The Morgan fingerprint density at radius 1 is 0.930 bits per heavy atom. The number of nitriles is 1. The molecule has 57 heavy (non-hydrogen) atoms. The largest absolute Gasteiger partial charge is 0.493 e. The molecule has 0 saturated carbocycles. The Bertz CT molecular complexity index is 2080. The highest BCUT2D eigenvalue weighted by molar-refractivity contribution is 6.24. The number of ether oxygens (including phenoxy) is 2. The van der Waals surface area contributed by atoms with Gasteiger partial charge in [-0.3, -0.25) is 34.2 Å². The quantitative estimate of drug-likeness (QED) is 0.120. The van der Waals surface area contributed by atoms with Crippen molar-refractivity contribution in [1.29, 1.82) is 5.26 Å². The normalized spacial score (nSPS) is 19.1. The van der Waals surface area contributed by atoms with Crippen LogP contribution in [-0.4, -0.2) is 71.2 Å². The van der Waals surface area contributed by atoms with Crippen molar-refractivity contribution in [2.24, 2.45) is 5.41 Å². The van der Waals surface area contributed by atoms with Crippen molar-refractivity contribution >= 4 is 35.2 Å². The molecule has 2 unspecified atom stereocenters. The van der Waals surface area contributed by atoms with Crippen molar-refractivity contribution < 1.29 is 46.6 Å². The van der Waals surface area contributed by atoms with Crippen LogP contribution >= 0.6 is 0 Å². The SMILES string of the molecule is CC1(C)CN(Cc2ccc(NCCCCCCCCOc3cccc4c3C(=O)N(C3CCC(=O)NC3=O)C4=O)cc2)C(=O)C1Oc1ccc(C#N)c(C(F)(F)F)c1. The van der Waals surface area contributed by atoms with E-state index in [0.29, 0.717) is 25.4 Å². The molecule has 2 N–H and O–H groups in total. The predicted molar refractivity (Wildman–Crippen MR) is 201 cm³/mol. The third kappa shape index (κ3) is 9.22. The Kier molecular flexibility index (Phi) is 12.2. The van der Waals surface area contributed by atoms with E-state index in [1.54, 1.807) is 23.1 Å². The van der Waals surface area contributed by atoms with E-state index in [9.17, 15) is 37.1 Å². The van der Waals surface area contributed by atoms with Gasteiger partial charge in [0, 0.05) is 37.2 Å². The van der Waals surface area contributed by atoms with Gasteiger partial charge in [-0.1, -0.05) is 57.7 Å². The number of piperidine rings is 1. The van der Waals surface area contributed by atoms with Gasteiger partial charge in [0.25, 0.3) is 17.7 Å². The molecule has 0 aliphatic carbocycles. The number of alkyl halides is 3. The maximum Gasteiger partial charge on any atom is 0.417 e. The number of carbonyl (C=O) groups is 5. The van der Waals surface area contributed by atoms with Gasteiger partial charge in [0.05, 0.1) is 34.9 Å². The van der Waals surface area contributed by atoms with Crippen LogP contribution in [-0.2, 0) is 27.1 Å². The second-order valence-corrected chi connectivity index (χ2v) is 15.2. The van der Waals surface area contributed by atoms with Gasteiger partial charge in [0.15, 0.2) is 6.10 Å². The molecule has 0 bridgehead atoms. The number of amides is 5. The molecular weight excluding hydrogens is 743 g/mol. The fraction of sp³-hybridized carbons (Fsp3) is 0.429. The number of likely N-dealkylation sites (tertiary alicyclic amines) is 1. The lowest BCUT2D eigenvalue weighted by Gasteiger charge is -2.27. The van der Waals surface area contributed by atoms with Crippen LogP contribution in [0.4, 0.5) is 18.9 Å². The first-order valence-electron chi connectivity index (χ1n) is 19.0. The van der Waals surface area contributed by atoms with Crippen LogP contribution in [0.15, 0.2) is 60.7 Å².